The second kappa shape index (κ2) is 8.69. The number of nitrogens with zero attached hydrogens (tertiary/aromatic N) is 6. The maximum absolute atomic E-state index is 12.5. The molecule has 3 aromatic heterocycles. The highest BCUT2D eigenvalue weighted by Gasteiger charge is 2.08. The van der Waals surface area contributed by atoms with Crippen molar-refractivity contribution in [3.8, 4) is 39.8 Å². The summed E-state index contributed by atoms with van der Waals surface area (Å²) in [6.07, 6.45) is 7.01. The molecule has 0 aliphatic heterocycles. The van der Waals surface area contributed by atoms with E-state index in [4.69, 9.17) is 5.26 Å². The van der Waals surface area contributed by atoms with Crippen molar-refractivity contribution < 1.29 is 0 Å². The summed E-state index contributed by atoms with van der Waals surface area (Å²) in [4.78, 5) is 21.4. The number of aromatic nitrogens is 6. The number of nitriles is 1. The van der Waals surface area contributed by atoms with Crippen LogP contribution in [-0.4, -0.2) is 29.9 Å². The number of H-pyrrole nitrogens is 1. The van der Waals surface area contributed by atoms with Crippen molar-refractivity contribution in [2.45, 2.75) is 6.54 Å². The Morgan fingerprint density at radius 3 is 2.48 bits per heavy atom. The average molecular weight is 431 g/mol. The van der Waals surface area contributed by atoms with Gasteiger partial charge in [-0.1, -0.05) is 30.3 Å². The monoisotopic (exact) mass is 431 g/mol. The van der Waals surface area contributed by atoms with E-state index in [1.54, 1.807) is 49.1 Å². The van der Waals surface area contributed by atoms with Crippen LogP contribution in [0.5, 0.6) is 0 Å². The lowest BCUT2D eigenvalue weighted by atomic mass is 10.1. The van der Waals surface area contributed by atoms with Gasteiger partial charge in [0.15, 0.2) is 5.82 Å². The van der Waals surface area contributed by atoms with Gasteiger partial charge in [-0.25, -0.2) is 14.6 Å². The summed E-state index contributed by atoms with van der Waals surface area (Å²) in [6, 6.07) is 20.1. The third-order valence-electron chi connectivity index (χ3n) is 5.15. The standard InChI is InChI=1S/C25H17N7O/c26-11-17-3-1-5-19(9-17)23-7-8-24(33)32(31-23)16-18-4-2-6-20(10-18)25-27-12-21(13-28-25)22-14-29-30-15-22/h1-10,12-15H,16H2,(H,29,30). The number of hydrogen-bond acceptors (Lipinski definition) is 6. The Morgan fingerprint density at radius 2 is 1.70 bits per heavy atom. The molecule has 3 heterocycles. The fourth-order valence-corrected chi connectivity index (χ4v) is 3.48. The van der Waals surface area contributed by atoms with Crippen LogP contribution in [-0.2, 0) is 6.54 Å². The van der Waals surface area contributed by atoms with E-state index < -0.39 is 0 Å². The maximum atomic E-state index is 12.5. The molecule has 33 heavy (non-hydrogen) atoms. The highest BCUT2D eigenvalue weighted by Crippen LogP contribution is 2.21. The number of hydrogen-bond donors (Lipinski definition) is 1. The lowest BCUT2D eigenvalue weighted by molar-refractivity contribution is 0.643. The summed E-state index contributed by atoms with van der Waals surface area (Å²) in [5.41, 5.74) is 5.27. The normalized spacial score (nSPS) is 10.6. The topological polar surface area (TPSA) is 113 Å². The molecule has 5 aromatic rings. The molecular formula is C25H17N7O. The zero-order valence-corrected chi connectivity index (χ0v) is 17.4. The Hall–Kier alpha value is -4.90. The Bertz CT molecular complexity index is 1510. The van der Waals surface area contributed by atoms with Gasteiger partial charge in [-0.05, 0) is 29.8 Å². The van der Waals surface area contributed by atoms with Crippen molar-refractivity contribution in [1.29, 1.82) is 5.26 Å². The van der Waals surface area contributed by atoms with Crippen LogP contribution in [0, 0.1) is 11.3 Å². The summed E-state index contributed by atoms with van der Waals surface area (Å²) in [6.45, 7) is 0.297. The molecule has 158 valence electrons. The molecule has 5 rings (SSSR count). The van der Waals surface area contributed by atoms with Crippen LogP contribution in [0.25, 0.3) is 33.8 Å². The van der Waals surface area contributed by atoms with E-state index in [0.717, 1.165) is 27.8 Å². The highest BCUT2D eigenvalue weighted by molar-refractivity contribution is 5.63. The van der Waals surface area contributed by atoms with Gasteiger partial charge in [0.05, 0.1) is 30.1 Å². The van der Waals surface area contributed by atoms with E-state index in [0.29, 0.717) is 23.6 Å². The fraction of sp³-hybridized carbons (Fsp3) is 0.0400. The van der Waals surface area contributed by atoms with Crippen LogP contribution in [0.15, 0.2) is 90.2 Å². The molecule has 0 atom stereocenters. The first-order valence-electron chi connectivity index (χ1n) is 10.2. The van der Waals surface area contributed by atoms with Crippen LogP contribution in [0.2, 0.25) is 0 Å². The molecule has 0 bridgehead atoms. The second-order valence-electron chi connectivity index (χ2n) is 7.39. The average Bonchev–Trinajstić information content (AvgIpc) is 3.41. The van der Waals surface area contributed by atoms with Crippen LogP contribution in [0.1, 0.15) is 11.1 Å². The minimum absolute atomic E-state index is 0.207. The van der Waals surface area contributed by atoms with Gasteiger partial charge < -0.3 is 0 Å². The molecule has 0 aliphatic rings. The van der Waals surface area contributed by atoms with E-state index in [2.05, 4.69) is 31.3 Å². The van der Waals surface area contributed by atoms with Crippen molar-refractivity contribution in [1.82, 2.24) is 29.9 Å². The van der Waals surface area contributed by atoms with Crippen LogP contribution >= 0.6 is 0 Å². The number of nitrogens with one attached hydrogen (secondary N) is 1. The van der Waals surface area contributed by atoms with E-state index in [-0.39, 0.29) is 5.56 Å². The van der Waals surface area contributed by atoms with E-state index >= 15 is 0 Å². The summed E-state index contributed by atoms with van der Waals surface area (Å²) in [5, 5.41) is 20.4. The first kappa shape index (κ1) is 20.0. The molecular weight excluding hydrogens is 414 g/mol. The molecule has 0 spiro atoms. The Balaban J connectivity index is 1.42. The van der Waals surface area contributed by atoms with Crippen LogP contribution in [0.4, 0.5) is 0 Å². The maximum Gasteiger partial charge on any atom is 0.267 e. The molecule has 0 fully saturated rings. The van der Waals surface area contributed by atoms with Gasteiger partial charge in [-0.2, -0.15) is 15.5 Å². The van der Waals surface area contributed by atoms with E-state index in [1.807, 2.05) is 30.3 Å². The predicted octanol–water partition coefficient (Wildman–Crippen LogP) is 3.68. The number of rotatable bonds is 5. The third-order valence-corrected chi connectivity index (χ3v) is 5.15. The van der Waals surface area contributed by atoms with E-state index in [9.17, 15) is 4.79 Å². The zero-order valence-electron chi connectivity index (χ0n) is 17.4. The molecule has 8 heteroatoms. The molecule has 0 aliphatic carbocycles. The highest BCUT2D eigenvalue weighted by atomic mass is 16.1. The Morgan fingerprint density at radius 1 is 0.879 bits per heavy atom. The van der Waals surface area contributed by atoms with Gasteiger partial charge in [0, 0.05) is 46.9 Å². The van der Waals surface area contributed by atoms with E-state index in [1.165, 1.54) is 10.7 Å². The van der Waals surface area contributed by atoms with Crippen molar-refractivity contribution in [3.63, 3.8) is 0 Å². The second-order valence-corrected chi connectivity index (χ2v) is 7.39. The fourth-order valence-electron chi connectivity index (χ4n) is 3.48. The van der Waals surface area contributed by atoms with Crippen molar-refractivity contribution in [3.05, 3.63) is 107 Å². The largest absolute Gasteiger partial charge is 0.285 e. The molecule has 0 saturated heterocycles. The lowest BCUT2D eigenvalue weighted by Crippen LogP contribution is -2.22. The molecule has 0 unspecified atom stereocenters. The molecule has 8 nitrogen and oxygen atoms in total. The molecule has 0 amide bonds. The smallest absolute Gasteiger partial charge is 0.267 e. The molecule has 0 radical (unpaired) electrons. The summed E-state index contributed by atoms with van der Waals surface area (Å²) < 4.78 is 1.41. The molecule has 0 saturated carbocycles. The Kier molecular flexibility index (Phi) is 5.27. The van der Waals surface area contributed by atoms with Crippen molar-refractivity contribution >= 4 is 0 Å². The minimum Gasteiger partial charge on any atom is -0.285 e. The Labute approximate surface area is 188 Å². The first-order valence-corrected chi connectivity index (χ1v) is 10.2. The molecule has 2 aromatic carbocycles. The van der Waals surface area contributed by atoms with Gasteiger partial charge in [-0.3, -0.25) is 9.89 Å². The van der Waals surface area contributed by atoms with Gasteiger partial charge in [0.25, 0.3) is 5.56 Å². The minimum atomic E-state index is -0.207. The summed E-state index contributed by atoms with van der Waals surface area (Å²) in [5.74, 6) is 0.589. The first-order chi connectivity index (χ1) is 16.2. The van der Waals surface area contributed by atoms with Gasteiger partial charge in [-0.15, -0.1) is 0 Å². The lowest BCUT2D eigenvalue weighted by Gasteiger charge is -2.09. The van der Waals surface area contributed by atoms with Crippen molar-refractivity contribution in [2.24, 2.45) is 0 Å². The SMILES string of the molecule is N#Cc1cccc(-c2ccc(=O)n(Cc3cccc(-c4ncc(-c5cn[nH]c5)cn4)c3)n2)c1. The number of benzene rings is 2. The van der Waals surface area contributed by atoms with Crippen LogP contribution in [0.3, 0.4) is 0 Å². The van der Waals surface area contributed by atoms with Gasteiger partial charge >= 0.3 is 0 Å². The van der Waals surface area contributed by atoms with Crippen molar-refractivity contribution in [2.75, 3.05) is 0 Å². The van der Waals surface area contributed by atoms with Crippen LogP contribution < -0.4 is 5.56 Å². The quantitative estimate of drug-likeness (QED) is 0.454. The summed E-state index contributed by atoms with van der Waals surface area (Å²) >= 11 is 0. The third kappa shape index (κ3) is 4.29. The van der Waals surface area contributed by atoms with Gasteiger partial charge in [0.1, 0.15) is 0 Å². The number of aromatic amines is 1. The molecule has 1 N–H and O–H groups in total. The summed E-state index contributed by atoms with van der Waals surface area (Å²) in [7, 11) is 0. The zero-order chi connectivity index (χ0) is 22.6. The predicted molar refractivity (Wildman–Crippen MR) is 123 cm³/mol. The van der Waals surface area contributed by atoms with Gasteiger partial charge in [0.2, 0.25) is 0 Å².